The van der Waals surface area contributed by atoms with Crippen molar-refractivity contribution in [2.45, 2.75) is 39.3 Å². The molecule has 2 unspecified atom stereocenters. The van der Waals surface area contributed by atoms with E-state index in [-0.39, 0.29) is 12.1 Å². The highest BCUT2D eigenvalue weighted by Gasteiger charge is 2.21. The van der Waals surface area contributed by atoms with Crippen LogP contribution in [-0.4, -0.2) is 6.04 Å². The molecule has 0 spiro atoms. The topological polar surface area (TPSA) is 35.2 Å². The van der Waals surface area contributed by atoms with Crippen molar-refractivity contribution in [3.8, 4) is 5.75 Å². The fourth-order valence-electron chi connectivity index (χ4n) is 2.27. The van der Waals surface area contributed by atoms with Crippen LogP contribution in [0.25, 0.3) is 0 Å². The van der Waals surface area contributed by atoms with E-state index in [9.17, 15) is 0 Å². The molecule has 0 radical (unpaired) electrons. The lowest BCUT2D eigenvalue weighted by atomic mass is 9.97. The van der Waals surface area contributed by atoms with Crippen molar-refractivity contribution in [1.29, 1.82) is 0 Å². The molecular weight excluding hydrogens is 246 g/mol. The lowest BCUT2D eigenvalue weighted by molar-refractivity contribution is 0.170. The molecule has 0 aliphatic carbocycles. The lowest BCUT2D eigenvalue weighted by Crippen LogP contribution is -2.32. The normalized spacial score (nSPS) is 13.8. The van der Waals surface area contributed by atoms with Crippen LogP contribution in [0, 0.1) is 13.8 Å². The molecule has 2 N–H and O–H groups in total. The second kappa shape index (κ2) is 6.58. The minimum Gasteiger partial charge on any atom is -0.484 e. The highest BCUT2D eigenvalue weighted by molar-refractivity contribution is 5.32. The van der Waals surface area contributed by atoms with Gasteiger partial charge in [0, 0.05) is 6.04 Å². The summed E-state index contributed by atoms with van der Waals surface area (Å²) in [5, 5.41) is 0. The summed E-state index contributed by atoms with van der Waals surface area (Å²) >= 11 is 0. The van der Waals surface area contributed by atoms with E-state index in [1.54, 1.807) is 0 Å². The zero-order chi connectivity index (χ0) is 14.5. The first kappa shape index (κ1) is 14.6. The Morgan fingerprint density at radius 3 is 2.25 bits per heavy atom. The van der Waals surface area contributed by atoms with Gasteiger partial charge >= 0.3 is 0 Å². The third-order valence-corrected chi connectivity index (χ3v) is 3.64. The van der Waals surface area contributed by atoms with Crippen LogP contribution in [0.2, 0.25) is 0 Å². The van der Waals surface area contributed by atoms with E-state index in [0.29, 0.717) is 0 Å². The molecule has 0 amide bonds. The molecular formula is C18H23NO. The van der Waals surface area contributed by atoms with E-state index in [0.717, 1.165) is 12.2 Å². The van der Waals surface area contributed by atoms with Crippen molar-refractivity contribution in [2.24, 2.45) is 5.73 Å². The summed E-state index contributed by atoms with van der Waals surface area (Å²) in [5.41, 5.74) is 9.88. The van der Waals surface area contributed by atoms with Gasteiger partial charge in [0.25, 0.3) is 0 Å². The zero-order valence-corrected chi connectivity index (χ0v) is 12.5. The zero-order valence-electron chi connectivity index (χ0n) is 12.5. The molecule has 0 aliphatic rings. The second-order valence-corrected chi connectivity index (χ2v) is 5.28. The van der Waals surface area contributed by atoms with E-state index >= 15 is 0 Å². The van der Waals surface area contributed by atoms with Crippen LogP contribution in [0.1, 0.15) is 36.1 Å². The third kappa shape index (κ3) is 3.40. The summed E-state index contributed by atoms with van der Waals surface area (Å²) in [6.45, 7) is 6.26. The first-order chi connectivity index (χ1) is 9.61. The van der Waals surface area contributed by atoms with Crippen molar-refractivity contribution in [1.82, 2.24) is 0 Å². The Balaban J connectivity index is 2.29. The summed E-state index contributed by atoms with van der Waals surface area (Å²) < 4.78 is 6.16. The van der Waals surface area contributed by atoms with Gasteiger partial charge in [-0.3, -0.25) is 0 Å². The van der Waals surface area contributed by atoms with E-state index in [4.69, 9.17) is 10.5 Å². The highest BCUT2D eigenvalue weighted by Crippen LogP contribution is 2.27. The first-order valence-electron chi connectivity index (χ1n) is 7.16. The fourth-order valence-corrected chi connectivity index (χ4v) is 2.27. The Morgan fingerprint density at radius 2 is 1.65 bits per heavy atom. The molecule has 2 nitrogen and oxygen atoms in total. The van der Waals surface area contributed by atoms with E-state index in [2.05, 4.69) is 45.0 Å². The van der Waals surface area contributed by atoms with E-state index in [1.807, 2.05) is 24.3 Å². The predicted molar refractivity (Wildman–Crippen MR) is 84.0 cm³/mol. The molecule has 2 atom stereocenters. The number of aryl methyl sites for hydroxylation is 2. The molecule has 2 heteroatoms. The number of ether oxygens (including phenoxy) is 1. The largest absolute Gasteiger partial charge is 0.484 e. The van der Waals surface area contributed by atoms with Crippen molar-refractivity contribution in [3.05, 3.63) is 65.2 Å². The maximum Gasteiger partial charge on any atom is 0.139 e. The molecule has 2 aromatic rings. The Kier molecular flexibility index (Phi) is 4.80. The van der Waals surface area contributed by atoms with Crippen LogP contribution in [0.15, 0.2) is 48.5 Å². The predicted octanol–water partition coefficient (Wildman–Crippen LogP) is 4.16. The minimum absolute atomic E-state index is 0.0163. The number of hydrogen-bond acceptors (Lipinski definition) is 2. The van der Waals surface area contributed by atoms with Crippen molar-refractivity contribution in [3.63, 3.8) is 0 Å². The summed E-state index contributed by atoms with van der Waals surface area (Å²) in [7, 11) is 0. The number of nitrogens with two attached hydrogens (primary N) is 1. The quantitative estimate of drug-likeness (QED) is 0.884. The molecule has 0 aromatic heterocycles. The molecule has 20 heavy (non-hydrogen) atoms. The highest BCUT2D eigenvalue weighted by atomic mass is 16.5. The van der Waals surface area contributed by atoms with Crippen molar-refractivity contribution in [2.75, 3.05) is 0 Å². The molecule has 106 valence electrons. The average Bonchev–Trinajstić information content (AvgIpc) is 2.47. The van der Waals surface area contributed by atoms with Gasteiger partial charge in [0.05, 0.1) is 0 Å². The monoisotopic (exact) mass is 269 g/mol. The van der Waals surface area contributed by atoms with Crippen LogP contribution >= 0.6 is 0 Å². The molecule has 2 rings (SSSR count). The summed E-state index contributed by atoms with van der Waals surface area (Å²) in [5.74, 6) is 0.868. The Bertz CT molecular complexity index is 548. The third-order valence-electron chi connectivity index (χ3n) is 3.64. The lowest BCUT2D eigenvalue weighted by Gasteiger charge is -2.26. The molecule has 0 saturated heterocycles. The first-order valence-corrected chi connectivity index (χ1v) is 7.16. The molecule has 0 aliphatic heterocycles. The maximum absolute atomic E-state index is 6.27. The fraction of sp³-hybridized carbons (Fsp3) is 0.333. The van der Waals surface area contributed by atoms with Gasteiger partial charge in [-0.2, -0.15) is 0 Å². The van der Waals surface area contributed by atoms with Crippen LogP contribution in [0.4, 0.5) is 0 Å². The Morgan fingerprint density at radius 1 is 1.00 bits per heavy atom. The minimum atomic E-state index is -0.107. The van der Waals surface area contributed by atoms with Gasteiger partial charge in [-0.25, -0.2) is 0 Å². The van der Waals surface area contributed by atoms with Gasteiger partial charge in [0.2, 0.25) is 0 Å². The number of benzene rings is 2. The molecule has 0 fully saturated rings. The summed E-state index contributed by atoms with van der Waals surface area (Å²) in [6.07, 6.45) is 0.772. The van der Waals surface area contributed by atoms with Crippen LogP contribution in [0.3, 0.4) is 0 Å². The Labute approximate surface area is 121 Å². The smallest absolute Gasteiger partial charge is 0.139 e. The van der Waals surface area contributed by atoms with Crippen molar-refractivity contribution >= 4 is 0 Å². The van der Waals surface area contributed by atoms with Gasteiger partial charge in [-0.1, -0.05) is 48.9 Å². The van der Waals surface area contributed by atoms with Crippen LogP contribution in [0.5, 0.6) is 5.75 Å². The maximum atomic E-state index is 6.27. The summed E-state index contributed by atoms with van der Waals surface area (Å²) in [4.78, 5) is 0. The SMILES string of the molecule is CCC(N)C(Oc1ccc(C)cc1)c1ccccc1C. The number of rotatable bonds is 5. The van der Waals surface area contributed by atoms with Gasteiger partial charge in [0.1, 0.15) is 11.9 Å². The standard InChI is InChI=1S/C18H23NO/c1-4-17(19)18(16-8-6-5-7-14(16)3)20-15-11-9-13(2)10-12-15/h5-12,17-18H,4,19H2,1-3H3. The molecule has 2 aromatic carbocycles. The molecule has 0 saturated carbocycles. The Hall–Kier alpha value is -1.80. The molecule has 0 bridgehead atoms. The van der Waals surface area contributed by atoms with E-state index < -0.39 is 0 Å². The second-order valence-electron chi connectivity index (χ2n) is 5.28. The van der Waals surface area contributed by atoms with Gasteiger partial charge < -0.3 is 10.5 Å². The molecule has 0 heterocycles. The van der Waals surface area contributed by atoms with Crippen LogP contribution < -0.4 is 10.5 Å². The summed E-state index contributed by atoms with van der Waals surface area (Å²) in [6, 6.07) is 16.4. The van der Waals surface area contributed by atoms with Gasteiger partial charge in [-0.15, -0.1) is 0 Å². The van der Waals surface area contributed by atoms with E-state index in [1.165, 1.54) is 16.7 Å². The van der Waals surface area contributed by atoms with Crippen molar-refractivity contribution < 1.29 is 4.74 Å². The average molecular weight is 269 g/mol. The van der Waals surface area contributed by atoms with Crippen LogP contribution in [-0.2, 0) is 0 Å². The van der Waals surface area contributed by atoms with Gasteiger partial charge in [-0.05, 0) is 43.5 Å². The van der Waals surface area contributed by atoms with Gasteiger partial charge in [0.15, 0.2) is 0 Å². The number of hydrogen-bond donors (Lipinski definition) is 1.